The standard InChI is InChI=1S/C12H18N4O.H3NO2S/c1-8-7-10(16(4)6-5-13-3)12-11(9(8)2)14-17-15-12;1-4(2)3/h7,13H,5-6H2,1-4H3;4H,(H2,1,2,3). The molecule has 0 atom stereocenters. The van der Waals surface area contributed by atoms with E-state index < -0.39 is 10.9 Å². The second-order valence-electron chi connectivity index (χ2n) is 4.61. The first-order chi connectivity index (χ1) is 9.88. The third-order valence-corrected chi connectivity index (χ3v) is 3.14. The van der Waals surface area contributed by atoms with Crippen LogP contribution >= 0.6 is 0 Å². The average Bonchev–Trinajstić information content (AvgIpc) is 2.89. The van der Waals surface area contributed by atoms with Crippen molar-refractivity contribution in [3.8, 4) is 0 Å². The lowest BCUT2D eigenvalue weighted by molar-refractivity contribution is 0.315. The molecule has 1 aromatic heterocycles. The molecule has 0 amide bonds. The van der Waals surface area contributed by atoms with Crippen LogP contribution in [-0.4, -0.2) is 45.9 Å². The second-order valence-corrected chi connectivity index (χ2v) is 5.18. The maximum absolute atomic E-state index is 8.81. The molecule has 2 aromatic rings. The number of likely N-dealkylation sites (N-methyl/N-ethyl adjacent to an activating group) is 2. The van der Waals surface area contributed by atoms with Crippen molar-refractivity contribution in [2.45, 2.75) is 13.8 Å². The molecule has 0 aliphatic carbocycles. The van der Waals surface area contributed by atoms with Crippen molar-refractivity contribution in [1.29, 1.82) is 0 Å². The summed E-state index contributed by atoms with van der Waals surface area (Å²) >= 11 is 0. The molecule has 0 fully saturated rings. The van der Waals surface area contributed by atoms with Crippen LogP contribution in [0.3, 0.4) is 0 Å². The van der Waals surface area contributed by atoms with E-state index >= 15 is 0 Å². The number of nitrogens with zero attached hydrogens (tertiary/aromatic N) is 3. The minimum absolute atomic E-state index is 0.840. The number of anilines is 1. The number of nitrogens with one attached hydrogen (secondary N) is 1. The highest BCUT2D eigenvalue weighted by molar-refractivity contribution is 7.69. The summed E-state index contributed by atoms with van der Waals surface area (Å²) in [6.07, 6.45) is 0. The number of hydrogen-bond donors (Lipinski definition) is 3. The number of nitrogens with two attached hydrogens (primary N) is 1. The number of benzene rings is 1. The largest absolute Gasteiger partial charge is 0.371 e. The van der Waals surface area contributed by atoms with Gasteiger partial charge >= 0.3 is 0 Å². The maximum atomic E-state index is 8.81. The summed E-state index contributed by atoms with van der Waals surface area (Å²) in [6, 6.07) is 2.14. The summed E-state index contributed by atoms with van der Waals surface area (Å²) in [5.74, 6) is 0. The predicted molar refractivity (Wildman–Crippen MR) is 83.0 cm³/mol. The van der Waals surface area contributed by atoms with Crippen LogP contribution in [0.25, 0.3) is 11.0 Å². The van der Waals surface area contributed by atoms with Gasteiger partial charge in [0.05, 0.1) is 5.69 Å². The molecule has 9 heteroatoms. The van der Waals surface area contributed by atoms with Crippen molar-refractivity contribution in [3.63, 3.8) is 0 Å². The summed E-state index contributed by atoms with van der Waals surface area (Å²) in [6.45, 7) is 5.97. The van der Waals surface area contributed by atoms with Crippen LogP contribution in [-0.2, 0) is 10.9 Å². The Hall–Kier alpha value is -1.71. The fraction of sp³-hybridized carbons (Fsp3) is 0.500. The van der Waals surface area contributed by atoms with Gasteiger partial charge in [0.15, 0.2) is 16.4 Å². The Balaban J connectivity index is 0.000000491. The lowest BCUT2D eigenvalue weighted by atomic mass is 10.1. The highest BCUT2D eigenvalue weighted by Crippen LogP contribution is 2.28. The van der Waals surface area contributed by atoms with E-state index in [2.05, 4.69) is 45.7 Å². The van der Waals surface area contributed by atoms with E-state index in [0.29, 0.717) is 0 Å². The minimum Gasteiger partial charge on any atom is -0.371 e. The summed E-state index contributed by atoms with van der Waals surface area (Å²) < 4.78 is 22.5. The van der Waals surface area contributed by atoms with Crippen molar-refractivity contribution >= 4 is 27.6 Å². The van der Waals surface area contributed by atoms with E-state index in [1.807, 2.05) is 14.0 Å². The van der Waals surface area contributed by atoms with Crippen molar-refractivity contribution in [2.24, 2.45) is 5.14 Å². The minimum atomic E-state index is -2.62. The van der Waals surface area contributed by atoms with Gasteiger partial charge in [0.2, 0.25) is 0 Å². The van der Waals surface area contributed by atoms with Gasteiger partial charge in [-0.25, -0.2) is 18.2 Å². The molecule has 0 aliphatic heterocycles. The zero-order chi connectivity index (χ0) is 16.0. The Bertz CT molecular complexity index is 660. The number of fused-ring (bicyclic) bond motifs is 1. The molecule has 2 rings (SSSR count). The highest BCUT2D eigenvalue weighted by Gasteiger charge is 2.14. The van der Waals surface area contributed by atoms with Gasteiger partial charge in [0, 0.05) is 20.1 Å². The first-order valence-corrected chi connectivity index (χ1v) is 7.60. The molecule has 1 heterocycles. The molecule has 0 bridgehead atoms. The van der Waals surface area contributed by atoms with Gasteiger partial charge in [0.25, 0.3) is 0 Å². The van der Waals surface area contributed by atoms with Crippen molar-refractivity contribution < 1.29 is 13.0 Å². The number of rotatable bonds is 4. The molecule has 0 aliphatic rings. The molecular formula is C12H21N5O3S. The van der Waals surface area contributed by atoms with E-state index in [9.17, 15) is 0 Å². The van der Waals surface area contributed by atoms with E-state index in [4.69, 9.17) is 13.0 Å². The van der Waals surface area contributed by atoms with Crippen LogP contribution in [0.5, 0.6) is 0 Å². The first-order valence-electron chi connectivity index (χ1n) is 6.35. The fourth-order valence-electron chi connectivity index (χ4n) is 1.86. The smallest absolute Gasteiger partial charge is 0.198 e. The molecule has 1 aromatic carbocycles. The van der Waals surface area contributed by atoms with E-state index in [0.717, 1.165) is 35.4 Å². The molecule has 8 nitrogen and oxygen atoms in total. The van der Waals surface area contributed by atoms with Gasteiger partial charge in [-0.2, -0.15) is 0 Å². The van der Waals surface area contributed by atoms with Crippen molar-refractivity contribution in [2.75, 3.05) is 32.1 Å². The lowest BCUT2D eigenvalue weighted by Crippen LogP contribution is -2.27. The summed E-state index contributed by atoms with van der Waals surface area (Å²) in [5.41, 5.74) is 5.11. The van der Waals surface area contributed by atoms with Crippen LogP contribution in [0.2, 0.25) is 0 Å². The van der Waals surface area contributed by atoms with Crippen LogP contribution in [0.4, 0.5) is 5.69 Å². The second kappa shape index (κ2) is 7.91. The van der Waals surface area contributed by atoms with E-state index in [-0.39, 0.29) is 0 Å². The molecule has 3 N–H and O–H groups in total. The van der Waals surface area contributed by atoms with E-state index in [1.54, 1.807) is 0 Å². The maximum Gasteiger partial charge on any atom is 0.198 e. The van der Waals surface area contributed by atoms with Crippen LogP contribution in [0, 0.1) is 13.8 Å². The van der Waals surface area contributed by atoms with Crippen molar-refractivity contribution in [3.05, 3.63) is 17.2 Å². The van der Waals surface area contributed by atoms with Gasteiger partial charge < -0.3 is 10.2 Å². The predicted octanol–water partition coefficient (Wildman–Crippen LogP) is -0.0333. The molecule has 21 heavy (non-hydrogen) atoms. The first kappa shape index (κ1) is 17.3. The van der Waals surface area contributed by atoms with Crippen LogP contribution < -0.4 is 15.4 Å². The quantitative estimate of drug-likeness (QED) is 0.679. The number of aryl methyl sites for hydroxylation is 2. The number of thiol groups is 1. The Morgan fingerprint density at radius 3 is 2.48 bits per heavy atom. The van der Waals surface area contributed by atoms with Gasteiger partial charge in [-0.3, -0.25) is 0 Å². The Morgan fingerprint density at radius 2 is 1.90 bits per heavy atom. The molecular weight excluding hydrogens is 294 g/mol. The fourth-order valence-corrected chi connectivity index (χ4v) is 1.86. The number of hydrogen-bond acceptors (Lipinski definition) is 7. The number of aromatic nitrogens is 2. The highest BCUT2D eigenvalue weighted by atomic mass is 32.2. The van der Waals surface area contributed by atoms with Gasteiger partial charge in [-0.1, -0.05) is 0 Å². The molecule has 0 saturated heterocycles. The SMILES string of the molecule is CNCCN(C)c1cc(C)c(C)c2nonc12.N[SH](=O)=O. The molecule has 0 unspecified atom stereocenters. The third kappa shape index (κ3) is 4.66. The Morgan fingerprint density at radius 1 is 1.33 bits per heavy atom. The topological polar surface area (TPSA) is 114 Å². The van der Waals surface area contributed by atoms with Gasteiger partial charge in [-0.15, -0.1) is 0 Å². The normalized spacial score (nSPS) is 10.6. The molecule has 118 valence electrons. The average molecular weight is 315 g/mol. The third-order valence-electron chi connectivity index (χ3n) is 3.14. The zero-order valence-electron chi connectivity index (χ0n) is 12.6. The Kier molecular flexibility index (Phi) is 6.53. The summed E-state index contributed by atoms with van der Waals surface area (Å²) in [7, 11) is 1.38. The monoisotopic (exact) mass is 315 g/mol. The molecule has 0 radical (unpaired) electrons. The van der Waals surface area contributed by atoms with Crippen molar-refractivity contribution in [1.82, 2.24) is 15.6 Å². The Labute approximate surface area is 125 Å². The lowest BCUT2D eigenvalue weighted by Gasteiger charge is -2.20. The van der Waals surface area contributed by atoms with Gasteiger partial charge in [0.1, 0.15) is 5.52 Å². The van der Waals surface area contributed by atoms with Gasteiger partial charge in [-0.05, 0) is 48.4 Å². The van der Waals surface area contributed by atoms with Crippen LogP contribution in [0.15, 0.2) is 10.7 Å². The van der Waals surface area contributed by atoms with Crippen LogP contribution in [0.1, 0.15) is 11.1 Å². The summed E-state index contributed by atoms with van der Waals surface area (Å²) in [5, 5.41) is 15.2. The van der Waals surface area contributed by atoms with E-state index in [1.165, 1.54) is 5.56 Å². The zero-order valence-corrected chi connectivity index (χ0v) is 13.5. The molecule has 0 saturated carbocycles. The molecule has 0 spiro atoms. The summed E-state index contributed by atoms with van der Waals surface area (Å²) in [4.78, 5) is 2.16.